The van der Waals surface area contributed by atoms with Crippen LogP contribution in [-0.2, 0) is 16.1 Å². The van der Waals surface area contributed by atoms with Gasteiger partial charge in [-0.05, 0) is 142 Å². The normalized spacial score (nSPS) is 17.2. The number of hydrogen-bond donors (Lipinski definition) is 8. The number of nitrogens with two attached hydrogens (primary N) is 4. The number of nitrogens with one attached hydrogen (secondary N) is 4. The number of carbonyl (C=O) groups excluding carboxylic acids is 4. The third-order valence-corrected chi connectivity index (χ3v) is 15.7. The molecular formula is C67H74F2N12O4. The van der Waals surface area contributed by atoms with E-state index < -0.39 is 6.04 Å². The summed E-state index contributed by atoms with van der Waals surface area (Å²) in [4.78, 5) is 65.6. The molecule has 12 N–H and O–H groups in total. The van der Waals surface area contributed by atoms with Crippen LogP contribution in [0.25, 0.3) is 32.3 Å². The molecule has 10 rings (SSSR count). The van der Waals surface area contributed by atoms with Crippen LogP contribution in [0.5, 0.6) is 0 Å². The number of halogens is 2. The first kappa shape index (κ1) is 60.3. The molecule has 4 amide bonds. The standard InChI is InChI=1S/C35H38F2N6O2.C32H36N6O2/c36-28-13-9-24(10-14-28)31(25-11-15-29(37)16-12-25)22-43-19-17-30(42-32(34(43)45)6-3-18-40-35(38)39)21-41-33(44)27-8-7-23-4-1-2-5-26(23)20-27;33-32(34)35-16-5-10-29-31(40)38(21-22-11-12-23-6-1-3-8-25(23)18-22)17-15-28(37-29)20-36-30(39)27-14-13-24-7-2-4-9-26(24)19-27/h1-2,4-5,7-16,20,30-32,42H,3,6,17-19,21-22H2,(H,41,44)(H4,38,39,40);1-4,6-9,11-14,18-19,28-29,37H,5,10,15-17,20-21H2,(H,36,39)(H4,33,34,35)/t30-,32-;28-,29-/m00/s1. The highest BCUT2D eigenvalue weighted by molar-refractivity contribution is 5.99. The first-order chi connectivity index (χ1) is 41.2. The lowest BCUT2D eigenvalue weighted by Crippen LogP contribution is -2.49. The quantitative estimate of drug-likeness (QED) is 0.0209. The van der Waals surface area contributed by atoms with E-state index in [9.17, 15) is 28.0 Å². The Morgan fingerprint density at radius 2 is 0.918 bits per heavy atom. The number of hydrogen-bond acceptors (Lipinski definition) is 8. The van der Waals surface area contributed by atoms with E-state index in [1.807, 2.05) is 95.9 Å². The van der Waals surface area contributed by atoms with Crippen molar-refractivity contribution in [2.24, 2.45) is 32.9 Å². The minimum Gasteiger partial charge on any atom is -0.370 e. The van der Waals surface area contributed by atoms with E-state index in [-0.39, 0.29) is 71.2 Å². The lowest BCUT2D eigenvalue weighted by atomic mass is 9.90. The third-order valence-electron chi connectivity index (χ3n) is 15.7. The molecule has 440 valence electrons. The smallest absolute Gasteiger partial charge is 0.251 e. The van der Waals surface area contributed by atoms with Gasteiger partial charge in [0.05, 0.1) is 12.1 Å². The molecule has 0 aromatic heterocycles. The summed E-state index contributed by atoms with van der Waals surface area (Å²) in [7, 11) is 0. The summed E-state index contributed by atoms with van der Waals surface area (Å²) >= 11 is 0. The van der Waals surface area contributed by atoms with Gasteiger partial charge < -0.3 is 54.0 Å². The van der Waals surface area contributed by atoms with Crippen LogP contribution in [0.15, 0.2) is 186 Å². The van der Waals surface area contributed by atoms with Gasteiger partial charge in [0.1, 0.15) is 11.6 Å². The highest BCUT2D eigenvalue weighted by Crippen LogP contribution is 2.29. The van der Waals surface area contributed by atoms with Crippen LogP contribution < -0.4 is 44.2 Å². The molecule has 0 radical (unpaired) electrons. The second-order valence-electron chi connectivity index (χ2n) is 21.7. The van der Waals surface area contributed by atoms with Gasteiger partial charge in [-0.1, -0.05) is 121 Å². The summed E-state index contributed by atoms with van der Waals surface area (Å²) in [6, 6.07) is 52.9. The van der Waals surface area contributed by atoms with Crippen molar-refractivity contribution >= 4 is 67.9 Å². The summed E-state index contributed by atoms with van der Waals surface area (Å²) in [5.74, 6) is -1.32. The van der Waals surface area contributed by atoms with E-state index >= 15 is 0 Å². The van der Waals surface area contributed by atoms with Crippen molar-refractivity contribution < 1.29 is 28.0 Å². The van der Waals surface area contributed by atoms with Gasteiger partial charge >= 0.3 is 0 Å². The van der Waals surface area contributed by atoms with Crippen LogP contribution in [-0.4, -0.2) is 115 Å². The molecule has 0 unspecified atom stereocenters. The Labute approximate surface area is 494 Å². The number of rotatable bonds is 20. The van der Waals surface area contributed by atoms with Crippen molar-refractivity contribution in [3.8, 4) is 0 Å². The Balaban J connectivity index is 0.000000205. The van der Waals surface area contributed by atoms with E-state index in [0.29, 0.717) is 95.6 Å². The molecule has 16 nitrogen and oxygen atoms in total. The summed E-state index contributed by atoms with van der Waals surface area (Å²) in [5.41, 5.74) is 25.8. The van der Waals surface area contributed by atoms with Crippen LogP contribution in [0.1, 0.15) is 81.8 Å². The summed E-state index contributed by atoms with van der Waals surface area (Å²) < 4.78 is 27.6. The van der Waals surface area contributed by atoms with E-state index in [4.69, 9.17) is 22.9 Å². The molecule has 4 atom stereocenters. The lowest BCUT2D eigenvalue weighted by molar-refractivity contribution is -0.134. The Morgan fingerprint density at radius 3 is 1.36 bits per heavy atom. The van der Waals surface area contributed by atoms with Crippen molar-refractivity contribution in [1.29, 1.82) is 0 Å². The molecule has 2 fully saturated rings. The summed E-state index contributed by atoms with van der Waals surface area (Å²) in [5, 5.41) is 19.6. The molecular weight excluding hydrogens is 1070 g/mol. The molecule has 0 spiro atoms. The number of amides is 4. The fraction of sp³-hybridized carbons (Fsp3) is 0.284. The van der Waals surface area contributed by atoms with Gasteiger partial charge in [-0.2, -0.15) is 0 Å². The number of nitrogens with zero attached hydrogens (tertiary/aromatic N) is 4. The van der Waals surface area contributed by atoms with Crippen LogP contribution in [0, 0.1) is 11.6 Å². The topological polar surface area (TPSA) is 252 Å². The summed E-state index contributed by atoms with van der Waals surface area (Å²) in [6.07, 6.45) is 3.64. The maximum atomic E-state index is 14.0. The number of carbonyl (C=O) groups is 4. The van der Waals surface area contributed by atoms with Gasteiger partial charge in [0.15, 0.2) is 11.9 Å². The Bertz CT molecular complexity index is 3600. The summed E-state index contributed by atoms with van der Waals surface area (Å²) in [6.45, 7) is 3.48. The highest BCUT2D eigenvalue weighted by atomic mass is 19.1. The number of guanidine groups is 2. The zero-order valence-corrected chi connectivity index (χ0v) is 47.5. The molecule has 2 heterocycles. The molecule has 2 saturated heterocycles. The van der Waals surface area contributed by atoms with E-state index in [0.717, 1.165) is 50.0 Å². The number of aliphatic imine (C=N–C) groups is 2. The third kappa shape index (κ3) is 17.0. The molecule has 0 aliphatic carbocycles. The van der Waals surface area contributed by atoms with Gasteiger partial charge in [0.2, 0.25) is 11.8 Å². The molecule has 2 aliphatic heterocycles. The second-order valence-corrected chi connectivity index (χ2v) is 21.7. The number of fused-ring (bicyclic) bond motifs is 3. The Morgan fingerprint density at radius 1 is 0.518 bits per heavy atom. The molecule has 0 saturated carbocycles. The maximum Gasteiger partial charge on any atom is 0.251 e. The molecule has 0 bridgehead atoms. The van der Waals surface area contributed by atoms with Gasteiger partial charge in [0, 0.05) is 81.5 Å². The lowest BCUT2D eigenvalue weighted by Gasteiger charge is -2.29. The van der Waals surface area contributed by atoms with Crippen molar-refractivity contribution in [3.05, 3.63) is 215 Å². The first-order valence-electron chi connectivity index (χ1n) is 29.0. The zero-order valence-electron chi connectivity index (χ0n) is 47.5. The van der Waals surface area contributed by atoms with Crippen molar-refractivity contribution in [2.75, 3.05) is 45.8 Å². The monoisotopic (exact) mass is 1150 g/mol. The average Bonchev–Trinajstić information content (AvgIpc) is 4.02. The largest absolute Gasteiger partial charge is 0.370 e. The van der Waals surface area contributed by atoms with Crippen molar-refractivity contribution in [3.63, 3.8) is 0 Å². The van der Waals surface area contributed by atoms with Gasteiger partial charge in [-0.15, -0.1) is 0 Å². The van der Waals surface area contributed by atoms with Gasteiger partial charge in [0.25, 0.3) is 11.8 Å². The Hall–Kier alpha value is -9.26. The number of benzene rings is 8. The fourth-order valence-corrected chi connectivity index (χ4v) is 11.1. The molecule has 18 heteroatoms. The van der Waals surface area contributed by atoms with Crippen molar-refractivity contribution in [1.82, 2.24) is 31.1 Å². The highest BCUT2D eigenvalue weighted by Gasteiger charge is 2.34. The molecule has 2 aliphatic rings. The van der Waals surface area contributed by atoms with Gasteiger partial charge in [-0.25, -0.2) is 8.78 Å². The predicted molar refractivity (Wildman–Crippen MR) is 334 cm³/mol. The van der Waals surface area contributed by atoms with E-state index in [1.165, 1.54) is 29.7 Å². The first-order valence-corrected chi connectivity index (χ1v) is 29.0. The zero-order chi connectivity index (χ0) is 59.7. The van der Waals surface area contributed by atoms with Crippen LogP contribution in [0.3, 0.4) is 0 Å². The molecule has 8 aromatic carbocycles. The van der Waals surface area contributed by atoms with Crippen LogP contribution in [0.2, 0.25) is 0 Å². The molecule has 8 aromatic rings. The predicted octanol–water partition coefficient (Wildman–Crippen LogP) is 7.83. The minimum atomic E-state index is -0.536. The van der Waals surface area contributed by atoms with Crippen LogP contribution in [0.4, 0.5) is 8.78 Å². The van der Waals surface area contributed by atoms with E-state index in [1.54, 1.807) is 35.2 Å². The maximum absolute atomic E-state index is 14.0. The Kier molecular flexibility index (Phi) is 20.8. The SMILES string of the molecule is NC(N)=NCCC[C@@H]1N[C@H](CNC(=O)c2ccc3ccccc3c2)CCN(CC(c2ccc(F)cc2)c2ccc(F)cc2)C1=O.NC(N)=NCCC[C@@H]1N[C@H](CNC(=O)c2ccc3ccccc3c2)CCN(Cc2ccc3ccccc3c2)C1=O. The minimum absolute atomic E-state index is 0.00695. The van der Waals surface area contributed by atoms with E-state index in [2.05, 4.69) is 61.6 Å². The van der Waals surface area contributed by atoms with Crippen LogP contribution >= 0.6 is 0 Å². The van der Waals surface area contributed by atoms with Crippen molar-refractivity contribution in [2.45, 2.75) is 75.2 Å². The second kappa shape index (κ2) is 29.3. The average molecular weight is 1150 g/mol. The van der Waals surface area contributed by atoms with Gasteiger partial charge in [-0.3, -0.25) is 29.2 Å². The molecule has 85 heavy (non-hydrogen) atoms. The fourth-order valence-electron chi connectivity index (χ4n) is 11.1.